The summed E-state index contributed by atoms with van der Waals surface area (Å²) in [6.07, 6.45) is 0. The highest BCUT2D eigenvalue weighted by Crippen LogP contribution is 2.33. The SMILES string of the molecule is CCOc1cc(Oc2ccc(C)cc2Br)ccc1N. The number of aryl methyl sites for hydroxylation is 1. The molecule has 0 atom stereocenters. The van der Waals surface area contributed by atoms with Gasteiger partial charge in [0.2, 0.25) is 0 Å². The van der Waals surface area contributed by atoms with E-state index in [1.807, 2.05) is 38.1 Å². The molecule has 2 aromatic carbocycles. The Morgan fingerprint density at radius 2 is 1.89 bits per heavy atom. The number of hydrogen-bond acceptors (Lipinski definition) is 3. The molecule has 19 heavy (non-hydrogen) atoms. The van der Waals surface area contributed by atoms with E-state index in [1.54, 1.807) is 12.1 Å². The minimum absolute atomic E-state index is 0.571. The number of anilines is 1. The number of rotatable bonds is 4. The van der Waals surface area contributed by atoms with Gasteiger partial charge in [0.1, 0.15) is 17.2 Å². The van der Waals surface area contributed by atoms with Crippen molar-refractivity contribution in [2.75, 3.05) is 12.3 Å². The van der Waals surface area contributed by atoms with Gasteiger partial charge in [-0.05, 0) is 59.6 Å². The van der Waals surface area contributed by atoms with Crippen molar-refractivity contribution in [3.8, 4) is 17.2 Å². The van der Waals surface area contributed by atoms with Gasteiger partial charge in [-0.15, -0.1) is 0 Å². The van der Waals surface area contributed by atoms with Crippen molar-refractivity contribution in [2.24, 2.45) is 0 Å². The lowest BCUT2D eigenvalue weighted by atomic mass is 10.2. The van der Waals surface area contributed by atoms with E-state index in [2.05, 4.69) is 15.9 Å². The molecule has 2 aromatic rings. The van der Waals surface area contributed by atoms with Crippen molar-refractivity contribution < 1.29 is 9.47 Å². The maximum absolute atomic E-state index is 5.83. The molecule has 2 N–H and O–H groups in total. The molecule has 2 rings (SSSR count). The fourth-order valence-corrected chi connectivity index (χ4v) is 2.25. The van der Waals surface area contributed by atoms with E-state index in [-0.39, 0.29) is 0 Å². The predicted molar refractivity (Wildman–Crippen MR) is 81.0 cm³/mol. The predicted octanol–water partition coefficient (Wildman–Crippen LogP) is 4.53. The molecule has 0 saturated heterocycles. The lowest BCUT2D eigenvalue weighted by molar-refractivity contribution is 0.340. The average Bonchev–Trinajstić information content (AvgIpc) is 2.37. The van der Waals surface area contributed by atoms with Crippen LogP contribution in [0.1, 0.15) is 12.5 Å². The Hall–Kier alpha value is -1.68. The second-order valence-electron chi connectivity index (χ2n) is 4.17. The molecule has 0 heterocycles. The molecule has 0 saturated carbocycles. The molecule has 0 aromatic heterocycles. The van der Waals surface area contributed by atoms with Crippen LogP contribution in [-0.4, -0.2) is 6.61 Å². The molecule has 0 aliphatic carbocycles. The molecule has 0 spiro atoms. The Morgan fingerprint density at radius 1 is 1.11 bits per heavy atom. The van der Waals surface area contributed by atoms with E-state index in [4.69, 9.17) is 15.2 Å². The van der Waals surface area contributed by atoms with Crippen molar-refractivity contribution in [1.82, 2.24) is 0 Å². The van der Waals surface area contributed by atoms with Crippen molar-refractivity contribution in [3.63, 3.8) is 0 Å². The van der Waals surface area contributed by atoms with Crippen molar-refractivity contribution in [2.45, 2.75) is 13.8 Å². The first-order valence-electron chi connectivity index (χ1n) is 6.06. The van der Waals surface area contributed by atoms with Gasteiger partial charge in [0.25, 0.3) is 0 Å². The molecule has 0 aliphatic heterocycles. The largest absolute Gasteiger partial charge is 0.492 e. The van der Waals surface area contributed by atoms with Gasteiger partial charge in [-0.25, -0.2) is 0 Å². The number of nitrogens with two attached hydrogens (primary N) is 1. The van der Waals surface area contributed by atoms with Crippen LogP contribution in [0.2, 0.25) is 0 Å². The zero-order valence-electron chi connectivity index (χ0n) is 10.9. The van der Waals surface area contributed by atoms with Gasteiger partial charge in [0, 0.05) is 6.07 Å². The molecule has 0 radical (unpaired) electrons. The molecule has 0 aliphatic rings. The molecule has 3 nitrogen and oxygen atoms in total. The van der Waals surface area contributed by atoms with Gasteiger partial charge in [-0.1, -0.05) is 6.07 Å². The highest BCUT2D eigenvalue weighted by atomic mass is 79.9. The Labute approximate surface area is 121 Å². The first-order valence-corrected chi connectivity index (χ1v) is 6.85. The summed E-state index contributed by atoms with van der Waals surface area (Å²) in [7, 11) is 0. The van der Waals surface area contributed by atoms with Crippen LogP contribution in [-0.2, 0) is 0 Å². The number of halogens is 1. The monoisotopic (exact) mass is 321 g/mol. The van der Waals surface area contributed by atoms with Gasteiger partial charge >= 0.3 is 0 Å². The Bertz CT molecular complexity index is 584. The lowest BCUT2D eigenvalue weighted by Crippen LogP contribution is -1.97. The van der Waals surface area contributed by atoms with Crippen LogP contribution in [0.5, 0.6) is 17.2 Å². The minimum atomic E-state index is 0.571. The molecule has 0 amide bonds. The normalized spacial score (nSPS) is 10.3. The minimum Gasteiger partial charge on any atom is -0.492 e. The highest BCUT2D eigenvalue weighted by molar-refractivity contribution is 9.10. The van der Waals surface area contributed by atoms with E-state index >= 15 is 0 Å². The van der Waals surface area contributed by atoms with Crippen molar-refractivity contribution in [3.05, 3.63) is 46.4 Å². The van der Waals surface area contributed by atoms with Gasteiger partial charge in [-0.3, -0.25) is 0 Å². The second kappa shape index (κ2) is 5.97. The fraction of sp³-hybridized carbons (Fsp3) is 0.200. The average molecular weight is 322 g/mol. The third-order valence-corrected chi connectivity index (χ3v) is 3.22. The molecule has 100 valence electrons. The van der Waals surface area contributed by atoms with Crippen molar-refractivity contribution >= 4 is 21.6 Å². The quantitative estimate of drug-likeness (QED) is 0.841. The van der Waals surface area contributed by atoms with Gasteiger partial charge < -0.3 is 15.2 Å². The summed E-state index contributed by atoms with van der Waals surface area (Å²) in [5.41, 5.74) is 7.61. The van der Waals surface area contributed by atoms with Crippen LogP contribution < -0.4 is 15.2 Å². The highest BCUT2D eigenvalue weighted by Gasteiger charge is 2.06. The fourth-order valence-electron chi connectivity index (χ4n) is 1.67. The Kier molecular flexibility index (Phi) is 4.32. The second-order valence-corrected chi connectivity index (χ2v) is 5.02. The van der Waals surface area contributed by atoms with Crippen LogP contribution >= 0.6 is 15.9 Å². The number of benzene rings is 2. The van der Waals surface area contributed by atoms with Crippen molar-refractivity contribution in [1.29, 1.82) is 0 Å². The third-order valence-electron chi connectivity index (χ3n) is 2.60. The van der Waals surface area contributed by atoms with Gasteiger partial charge in [-0.2, -0.15) is 0 Å². The van der Waals surface area contributed by atoms with E-state index in [0.717, 1.165) is 10.2 Å². The summed E-state index contributed by atoms with van der Waals surface area (Å²) >= 11 is 3.49. The zero-order valence-corrected chi connectivity index (χ0v) is 12.5. The smallest absolute Gasteiger partial charge is 0.145 e. The van der Waals surface area contributed by atoms with Crippen LogP contribution in [0, 0.1) is 6.92 Å². The summed E-state index contributed by atoms with van der Waals surface area (Å²) in [5.74, 6) is 2.10. The van der Waals surface area contributed by atoms with E-state index in [0.29, 0.717) is 23.8 Å². The molecule has 0 bridgehead atoms. The Balaban J connectivity index is 2.25. The van der Waals surface area contributed by atoms with Crippen LogP contribution in [0.15, 0.2) is 40.9 Å². The topological polar surface area (TPSA) is 44.5 Å². The molecule has 4 heteroatoms. The molecule has 0 unspecified atom stereocenters. The summed E-state index contributed by atoms with van der Waals surface area (Å²) in [4.78, 5) is 0. The first kappa shape index (κ1) is 13.7. The summed E-state index contributed by atoms with van der Waals surface area (Å²) in [5, 5.41) is 0. The van der Waals surface area contributed by atoms with Gasteiger partial charge in [0.05, 0.1) is 16.8 Å². The van der Waals surface area contributed by atoms with Gasteiger partial charge in [0.15, 0.2) is 0 Å². The number of hydrogen-bond donors (Lipinski definition) is 1. The summed E-state index contributed by atoms with van der Waals surface area (Å²) in [6, 6.07) is 11.3. The standard InChI is InChI=1S/C15H16BrNO2/c1-3-18-15-9-11(5-6-13(15)17)19-14-7-4-10(2)8-12(14)16/h4-9H,3,17H2,1-2H3. The van der Waals surface area contributed by atoms with E-state index in [1.165, 1.54) is 5.56 Å². The van der Waals surface area contributed by atoms with E-state index < -0.39 is 0 Å². The van der Waals surface area contributed by atoms with Crippen LogP contribution in [0.3, 0.4) is 0 Å². The molecule has 0 fully saturated rings. The lowest BCUT2D eigenvalue weighted by Gasteiger charge is -2.11. The maximum Gasteiger partial charge on any atom is 0.145 e. The number of ether oxygens (including phenoxy) is 2. The maximum atomic E-state index is 5.83. The molecular weight excluding hydrogens is 306 g/mol. The Morgan fingerprint density at radius 3 is 2.58 bits per heavy atom. The first-order chi connectivity index (χ1) is 9.10. The third kappa shape index (κ3) is 3.41. The number of nitrogen functional groups attached to an aromatic ring is 1. The van der Waals surface area contributed by atoms with Crippen LogP contribution in [0.25, 0.3) is 0 Å². The summed E-state index contributed by atoms with van der Waals surface area (Å²) < 4.78 is 12.2. The van der Waals surface area contributed by atoms with Crippen LogP contribution in [0.4, 0.5) is 5.69 Å². The molecular formula is C15H16BrNO2. The van der Waals surface area contributed by atoms with E-state index in [9.17, 15) is 0 Å². The summed E-state index contributed by atoms with van der Waals surface area (Å²) in [6.45, 7) is 4.52. The zero-order chi connectivity index (χ0) is 13.8.